The van der Waals surface area contributed by atoms with Crippen LogP contribution >= 0.6 is 8.46 Å². The molecule has 1 atom stereocenters. The number of aliphatic hydroxyl groups is 1. The van der Waals surface area contributed by atoms with Gasteiger partial charge in [-0.05, 0) is 6.92 Å². The first-order chi connectivity index (χ1) is 4.04. The van der Waals surface area contributed by atoms with Gasteiger partial charge in [0.1, 0.15) is 0 Å². The maximum Gasteiger partial charge on any atom is 0.349 e. The van der Waals surface area contributed by atoms with Gasteiger partial charge in [0, 0.05) is 0 Å². The summed E-state index contributed by atoms with van der Waals surface area (Å²) in [6.45, 7) is 1.10. The van der Waals surface area contributed by atoms with E-state index in [9.17, 15) is 9.36 Å². The first-order valence-corrected chi connectivity index (χ1v) is 3.01. The molecule has 9 heavy (non-hydrogen) atoms. The topological polar surface area (TPSA) is 63.6 Å². The Hall–Kier alpha value is -0.470. The van der Waals surface area contributed by atoms with Gasteiger partial charge in [0.2, 0.25) is 13.8 Å². The van der Waals surface area contributed by atoms with Crippen molar-refractivity contribution < 1.29 is 19.2 Å². The fraction of sp³-hybridized carbons (Fsp3) is 0.750. The fourth-order valence-corrected chi connectivity index (χ4v) is 0.396. The van der Waals surface area contributed by atoms with Crippen molar-refractivity contribution in [3.8, 4) is 0 Å². The van der Waals surface area contributed by atoms with Crippen molar-refractivity contribution in [1.29, 1.82) is 0 Å². The van der Waals surface area contributed by atoms with Gasteiger partial charge in [0.05, 0.1) is 7.11 Å². The van der Waals surface area contributed by atoms with Gasteiger partial charge in [-0.3, -0.25) is 4.57 Å². The first kappa shape index (κ1) is 8.53. The predicted molar refractivity (Wildman–Crippen MR) is 30.2 cm³/mol. The third kappa shape index (κ3) is 2.08. The van der Waals surface area contributed by atoms with Crippen LogP contribution in [0.3, 0.4) is 0 Å². The Morgan fingerprint density at radius 1 is 1.78 bits per heavy atom. The summed E-state index contributed by atoms with van der Waals surface area (Å²) in [5.74, 6) is -0.904. The zero-order valence-corrected chi connectivity index (χ0v) is 6.01. The highest BCUT2D eigenvalue weighted by atomic mass is 31.1. The molecule has 0 fully saturated rings. The van der Waals surface area contributed by atoms with Gasteiger partial charge in [-0.15, -0.1) is 0 Å². The van der Waals surface area contributed by atoms with Crippen LogP contribution in [0, 0.1) is 0 Å². The van der Waals surface area contributed by atoms with Gasteiger partial charge in [0.15, 0.2) is 0 Å². The molecule has 0 aromatic carbocycles. The lowest BCUT2D eigenvalue weighted by Crippen LogP contribution is -2.29. The van der Waals surface area contributed by atoms with E-state index < -0.39 is 19.8 Å². The summed E-state index contributed by atoms with van der Waals surface area (Å²) in [7, 11) is 0.460. The molecule has 0 saturated heterocycles. The molecule has 5 heteroatoms. The highest BCUT2D eigenvalue weighted by Gasteiger charge is 2.32. The molecule has 0 aliphatic rings. The molecule has 0 amide bonds. The van der Waals surface area contributed by atoms with Crippen LogP contribution in [0.2, 0.25) is 0 Å². The molecule has 0 spiro atoms. The summed E-state index contributed by atoms with van der Waals surface area (Å²) < 4.78 is 14.1. The number of ether oxygens (including phenoxy) is 1. The van der Waals surface area contributed by atoms with Gasteiger partial charge < -0.3 is 9.84 Å². The molecule has 0 bridgehead atoms. The van der Waals surface area contributed by atoms with Crippen LogP contribution in [0.5, 0.6) is 0 Å². The summed E-state index contributed by atoms with van der Waals surface area (Å²) >= 11 is 0. The highest BCUT2D eigenvalue weighted by Crippen LogP contribution is 2.19. The largest absolute Gasteiger partial charge is 0.466 e. The minimum absolute atomic E-state index is 0.653. The highest BCUT2D eigenvalue weighted by molar-refractivity contribution is 7.27. The van der Waals surface area contributed by atoms with Gasteiger partial charge in [-0.1, -0.05) is 0 Å². The van der Waals surface area contributed by atoms with E-state index in [0.29, 0.717) is 0 Å². The number of carbonyl (C=O) groups excluding carboxylic acids is 1. The van der Waals surface area contributed by atoms with Crippen molar-refractivity contribution in [2.24, 2.45) is 0 Å². The maximum absolute atomic E-state index is 10.4. The molecule has 1 N–H and O–H groups in total. The zero-order valence-electron chi connectivity index (χ0n) is 5.12. The molecule has 0 radical (unpaired) electrons. The Kier molecular flexibility index (Phi) is 2.74. The van der Waals surface area contributed by atoms with Crippen LogP contribution in [0.15, 0.2) is 0 Å². The average Bonchev–Trinajstić information content (AvgIpc) is 1.86. The summed E-state index contributed by atoms with van der Waals surface area (Å²) in [5, 5.41) is 6.90. The molecular weight excluding hydrogens is 143 g/mol. The Morgan fingerprint density at radius 3 is 2.33 bits per heavy atom. The van der Waals surface area contributed by atoms with Crippen LogP contribution in [0.1, 0.15) is 6.92 Å². The summed E-state index contributed by atoms with van der Waals surface area (Å²) in [4.78, 5) is 10.4. The summed E-state index contributed by atoms with van der Waals surface area (Å²) in [6.07, 6.45) is 0. The minimum atomic E-state index is -1.89. The normalized spacial score (nSPS) is 16.8. The Labute approximate surface area is 54.0 Å². The zero-order chi connectivity index (χ0) is 7.49. The van der Waals surface area contributed by atoms with E-state index in [1.165, 1.54) is 0 Å². The van der Waals surface area contributed by atoms with Crippen molar-refractivity contribution in [2.45, 2.75) is 12.3 Å². The maximum atomic E-state index is 10.4. The van der Waals surface area contributed by atoms with Crippen LogP contribution < -0.4 is 0 Å². The van der Waals surface area contributed by atoms with Crippen molar-refractivity contribution in [3.05, 3.63) is 0 Å². The predicted octanol–water partition coefficient (Wildman–Crippen LogP) is 0.160. The number of esters is 1. The molecule has 0 heterocycles. The van der Waals surface area contributed by atoms with Crippen molar-refractivity contribution in [3.63, 3.8) is 0 Å². The second-order valence-electron chi connectivity index (χ2n) is 1.60. The Morgan fingerprint density at radius 2 is 2.22 bits per heavy atom. The van der Waals surface area contributed by atoms with Crippen molar-refractivity contribution in [2.75, 3.05) is 7.11 Å². The van der Waals surface area contributed by atoms with Crippen molar-refractivity contribution >= 4 is 14.4 Å². The third-order valence-corrected chi connectivity index (χ3v) is 1.29. The van der Waals surface area contributed by atoms with Crippen LogP contribution in [0.25, 0.3) is 0 Å². The molecule has 0 saturated carbocycles. The Balaban J connectivity index is 4.14. The smallest absolute Gasteiger partial charge is 0.349 e. The van der Waals surface area contributed by atoms with E-state index in [1.54, 1.807) is 0 Å². The van der Waals surface area contributed by atoms with E-state index in [1.807, 2.05) is 0 Å². The van der Waals surface area contributed by atoms with Crippen LogP contribution in [-0.4, -0.2) is 23.5 Å². The van der Waals surface area contributed by atoms with E-state index in [0.717, 1.165) is 14.0 Å². The second-order valence-corrected chi connectivity index (χ2v) is 2.66. The number of hydrogen-bond donors (Lipinski definition) is 1. The second kappa shape index (κ2) is 2.90. The van der Waals surface area contributed by atoms with Gasteiger partial charge in [0.25, 0.3) is 0 Å². The molecular formula is C4H7O4P. The monoisotopic (exact) mass is 150 g/mol. The van der Waals surface area contributed by atoms with Crippen molar-refractivity contribution in [1.82, 2.24) is 0 Å². The molecule has 4 nitrogen and oxygen atoms in total. The average molecular weight is 150 g/mol. The molecule has 52 valence electrons. The SMILES string of the molecule is COC(=O)C(C)(O)P=O. The summed E-state index contributed by atoms with van der Waals surface area (Å²) in [6, 6.07) is 0. The first-order valence-electron chi connectivity index (χ1n) is 2.20. The van der Waals surface area contributed by atoms with E-state index in [-0.39, 0.29) is 0 Å². The standard InChI is InChI=1S/C4H7O4P/c1-4(6,9-7)3(5)8-2/h6H,1-2H3. The quantitative estimate of drug-likeness (QED) is 0.449. The number of hydrogen-bond acceptors (Lipinski definition) is 4. The number of carbonyl (C=O) groups is 1. The van der Waals surface area contributed by atoms with E-state index in [2.05, 4.69) is 4.74 Å². The molecule has 0 aliphatic carbocycles. The summed E-state index contributed by atoms with van der Waals surface area (Å²) in [5.41, 5.74) is 0. The molecule has 0 aromatic rings. The van der Waals surface area contributed by atoms with Gasteiger partial charge >= 0.3 is 5.97 Å². The van der Waals surface area contributed by atoms with E-state index >= 15 is 0 Å². The lowest BCUT2D eigenvalue weighted by Gasteiger charge is -2.09. The number of rotatable bonds is 2. The van der Waals surface area contributed by atoms with Crippen LogP contribution in [0.4, 0.5) is 0 Å². The fourth-order valence-electron chi connectivity index (χ4n) is 0.231. The molecule has 0 aromatic heterocycles. The van der Waals surface area contributed by atoms with E-state index in [4.69, 9.17) is 5.11 Å². The molecule has 0 rings (SSSR count). The Bertz CT molecular complexity index is 131. The van der Waals surface area contributed by atoms with Crippen LogP contribution in [-0.2, 0) is 14.1 Å². The van der Waals surface area contributed by atoms with Gasteiger partial charge in [-0.2, -0.15) is 0 Å². The molecule has 0 aliphatic heterocycles. The third-order valence-electron chi connectivity index (χ3n) is 0.750. The number of methoxy groups -OCH3 is 1. The lowest BCUT2D eigenvalue weighted by molar-refractivity contribution is -0.152. The van der Waals surface area contributed by atoms with Gasteiger partial charge in [-0.25, -0.2) is 4.79 Å². The minimum Gasteiger partial charge on any atom is -0.466 e. The lowest BCUT2D eigenvalue weighted by atomic mass is 10.4. The molecule has 1 unspecified atom stereocenters.